The maximum absolute atomic E-state index is 12.1. The van der Waals surface area contributed by atoms with Gasteiger partial charge < -0.3 is 16.0 Å². The highest BCUT2D eigenvalue weighted by atomic mass is 16.2. The van der Waals surface area contributed by atoms with Crippen LogP contribution in [0.2, 0.25) is 0 Å². The summed E-state index contributed by atoms with van der Waals surface area (Å²) in [6, 6.07) is 14.0. The number of benzene rings is 2. The normalized spacial score (nSPS) is 9.58. The Labute approximate surface area is 141 Å². The largest absolute Gasteiger partial charge is 0.378 e. The first-order valence-corrected chi connectivity index (χ1v) is 7.41. The lowest BCUT2D eigenvalue weighted by Crippen LogP contribution is -2.23. The van der Waals surface area contributed by atoms with E-state index in [1.165, 1.54) is 0 Å². The zero-order valence-corrected chi connectivity index (χ0v) is 13.7. The molecule has 5 heteroatoms. The van der Waals surface area contributed by atoms with Gasteiger partial charge in [-0.15, -0.1) is 0 Å². The molecule has 0 bridgehead atoms. The van der Waals surface area contributed by atoms with Gasteiger partial charge in [-0.3, -0.25) is 9.59 Å². The average Bonchev–Trinajstić information content (AvgIpc) is 2.59. The molecule has 3 N–H and O–H groups in total. The van der Waals surface area contributed by atoms with Crippen LogP contribution < -0.4 is 16.0 Å². The smallest absolute Gasteiger partial charge is 0.252 e. The highest BCUT2D eigenvalue weighted by molar-refractivity contribution is 5.95. The van der Waals surface area contributed by atoms with E-state index in [2.05, 4.69) is 17.2 Å². The third kappa shape index (κ3) is 4.62. The molecule has 0 saturated carbocycles. The molecular formula is C19H19N3O2. The molecule has 5 nitrogen and oxygen atoms in total. The van der Waals surface area contributed by atoms with Gasteiger partial charge in [0.25, 0.3) is 5.91 Å². The molecule has 0 fully saturated rings. The van der Waals surface area contributed by atoms with Crippen LogP contribution in [-0.4, -0.2) is 32.5 Å². The maximum atomic E-state index is 12.1. The Balaban J connectivity index is 1.93. The number of hydrogen-bond donors (Lipinski definition) is 2. The first kappa shape index (κ1) is 17.1. The van der Waals surface area contributed by atoms with Crippen molar-refractivity contribution in [1.29, 1.82) is 0 Å². The fourth-order valence-corrected chi connectivity index (χ4v) is 2.02. The predicted molar refractivity (Wildman–Crippen MR) is 94.9 cm³/mol. The van der Waals surface area contributed by atoms with Gasteiger partial charge in [0.2, 0.25) is 5.91 Å². The Morgan fingerprint density at radius 2 is 1.79 bits per heavy atom. The Kier molecular flexibility index (Phi) is 5.58. The van der Waals surface area contributed by atoms with E-state index >= 15 is 0 Å². The lowest BCUT2D eigenvalue weighted by molar-refractivity contribution is 0.0957. The van der Waals surface area contributed by atoms with E-state index in [0.29, 0.717) is 11.1 Å². The van der Waals surface area contributed by atoms with Crippen LogP contribution in [0.1, 0.15) is 26.3 Å². The molecule has 0 saturated heterocycles. The Hall–Kier alpha value is -3.26. The van der Waals surface area contributed by atoms with Crippen molar-refractivity contribution in [2.45, 2.75) is 0 Å². The van der Waals surface area contributed by atoms with Gasteiger partial charge in [-0.25, -0.2) is 0 Å². The number of carbonyl (C=O) groups excluding carboxylic acids is 2. The van der Waals surface area contributed by atoms with Crippen molar-refractivity contribution in [1.82, 2.24) is 5.32 Å². The second-order valence-corrected chi connectivity index (χ2v) is 5.37. The molecular weight excluding hydrogens is 302 g/mol. The Bertz CT molecular complexity index is 799. The summed E-state index contributed by atoms with van der Waals surface area (Å²) < 4.78 is 0. The number of amides is 2. The van der Waals surface area contributed by atoms with E-state index in [-0.39, 0.29) is 12.5 Å². The number of nitrogens with one attached hydrogen (secondary N) is 1. The molecule has 0 spiro atoms. The molecule has 2 aromatic rings. The van der Waals surface area contributed by atoms with Crippen molar-refractivity contribution < 1.29 is 9.59 Å². The van der Waals surface area contributed by atoms with Crippen LogP contribution in [0.4, 0.5) is 5.69 Å². The van der Waals surface area contributed by atoms with Crippen LogP contribution in [0.5, 0.6) is 0 Å². The van der Waals surface area contributed by atoms with E-state index in [1.807, 2.05) is 37.2 Å². The molecule has 2 rings (SSSR count). The molecule has 2 aromatic carbocycles. The zero-order chi connectivity index (χ0) is 17.5. The van der Waals surface area contributed by atoms with Gasteiger partial charge in [-0.2, -0.15) is 0 Å². The summed E-state index contributed by atoms with van der Waals surface area (Å²) in [6.45, 7) is 0.239. The minimum Gasteiger partial charge on any atom is -0.378 e. The molecule has 0 aliphatic heterocycles. The first-order valence-electron chi connectivity index (χ1n) is 7.41. The molecule has 0 atom stereocenters. The van der Waals surface area contributed by atoms with Gasteiger partial charge in [0.05, 0.1) is 6.54 Å². The number of nitrogens with two attached hydrogens (primary N) is 1. The van der Waals surface area contributed by atoms with Crippen LogP contribution in [0.25, 0.3) is 0 Å². The van der Waals surface area contributed by atoms with Crippen LogP contribution in [0, 0.1) is 11.8 Å². The second-order valence-electron chi connectivity index (χ2n) is 5.37. The molecule has 24 heavy (non-hydrogen) atoms. The highest BCUT2D eigenvalue weighted by Gasteiger charge is 2.05. The second kappa shape index (κ2) is 7.84. The van der Waals surface area contributed by atoms with Crippen molar-refractivity contribution in [3.05, 3.63) is 65.2 Å². The summed E-state index contributed by atoms with van der Waals surface area (Å²) in [5, 5.41) is 2.76. The number of rotatable bonds is 4. The van der Waals surface area contributed by atoms with Gasteiger partial charge in [-0.1, -0.05) is 17.9 Å². The van der Waals surface area contributed by atoms with Crippen molar-refractivity contribution >= 4 is 17.5 Å². The topological polar surface area (TPSA) is 75.4 Å². The highest BCUT2D eigenvalue weighted by Crippen LogP contribution is 2.13. The average molecular weight is 321 g/mol. The van der Waals surface area contributed by atoms with Gasteiger partial charge in [0.1, 0.15) is 0 Å². The molecule has 0 aliphatic carbocycles. The first-order chi connectivity index (χ1) is 11.5. The lowest BCUT2D eigenvalue weighted by atomic mass is 10.1. The van der Waals surface area contributed by atoms with E-state index in [9.17, 15) is 9.59 Å². The predicted octanol–water partition coefficient (Wildman–Crippen LogP) is 1.63. The molecule has 0 heterocycles. The van der Waals surface area contributed by atoms with E-state index in [4.69, 9.17) is 5.73 Å². The third-order valence-corrected chi connectivity index (χ3v) is 3.36. The minimum atomic E-state index is -0.471. The van der Waals surface area contributed by atoms with Gasteiger partial charge in [0, 0.05) is 36.5 Å². The molecule has 122 valence electrons. The van der Waals surface area contributed by atoms with Gasteiger partial charge in [0.15, 0.2) is 0 Å². The Morgan fingerprint density at radius 1 is 1.08 bits per heavy atom. The minimum absolute atomic E-state index is 0.169. The molecule has 0 radical (unpaired) electrons. The molecule has 2 amide bonds. The van der Waals surface area contributed by atoms with E-state index in [0.717, 1.165) is 11.3 Å². The summed E-state index contributed by atoms with van der Waals surface area (Å²) in [6.07, 6.45) is 0. The van der Waals surface area contributed by atoms with Crippen LogP contribution >= 0.6 is 0 Å². The summed E-state index contributed by atoms with van der Waals surface area (Å²) in [5.41, 5.74) is 7.92. The van der Waals surface area contributed by atoms with E-state index in [1.54, 1.807) is 30.3 Å². The fraction of sp³-hybridized carbons (Fsp3) is 0.158. The summed E-state index contributed by atoms with van der Waals surface area (Å²) >= 11 is 0. The number of hydrogen-bond acceptors (Lipinski definition) is 3. The van der Waals surface area contributed by atoms with Gasteiger partial charge in [-0.05, 0) is 42.5 Å². The zero-order valence-electron chi connectivity index (χ0n) is 13.7. The van der Waals surface area contributed by atoms with Crippen molar-refractivity contribution in [2.24, 2.45) is 5.73 Å². The van der Waals surface area contributed by atoms with Crippen LogP contribution in [0.3, 0.4) is 0 Å². The van der Waals surface area contributed by atoms with E-state index < -0.39 is 5.91 Å². The molecule has 0 aliphatic rings. The third-order valence-electron chi connectivity index (χ3n) is 3.36. The summed E-state index contributed by atoms with van der Waals surface area (Å²) in [7, 11) is 3.85. The number of primary amides is 1. The van der Waals surface area contributed by atoms with Crippen LogP contribution in [0.15, 0.2) is 48.5 Å². The Morgan fingerprint density at radius 3 is 2.42 bits per heavy atom. The standard InChI is InChI=1S/C19H19N3O2/c1-22(2)17-7-3-6-16(13-17)19(24)21-12-4-5-14-8-10-15(11-9-14)18(20)23/h3,6-11,13H,12H2,1-2H3,(H2,20,23)(H,21,24). The number of nitrogens with zero attached hydrogens (tertiary/aromatic N) is 1. The number of carbonyl (C=O) groups is 2. The maximum Gasteiger partial charge on any atom is 0.252 e. The SMILES string of the molecule is CN(C)c1cccc(C(=O)NCC#Cc2ccc(C(N)=O)cc2)c1. The monoisotopic (exact) mass is 321 g/mol. The number of anilines is 1. The lowest BCUT2D eigenvalue weighted by Gasteiger charge is -2.13. The summed E-state index contributed by atoms with van der Waals surface area (Å²) in [5.74, 6) is 5.16. The van der Waals surface area contributed by atoms with Crippen molar-refractivity contribution in [2.75, 3.05) is 25.5 Å². The van der Waals surface area contributed by atoms with Crippen LogP contribution in [-0.2, 0) is 0 Å². The van der Waals surface area contributed by atoms with Gasteiger partial charge >= 0.3 is 0 Å². The molecule has 0 unspecified atom stereocenters. The van der Waals surface area contributed by atoms with Crippen molar-refractivity contribution in [3.8, 4) is 11.8 Å². The van der Waals surface area contributed by atoms with Crippen molar-refractivity contribution in [3.63, 3.8) is 0 Å². The molecule has 0 aromatic heterocycles. The quantitative estimate of drug-likeness (QED) is 0.841. The fourth-order valence-electron chi connectivity index (χ4n) is 2.02. The summed E-state index contributed by atoms with van der Waals surface area (Å²) in [4.78, 5) is 25.0.